The molecule has 1 aliphatic rings. The number of aliphatic carboxylic acids is 2. The van der Waals surface area contributed by atoms with E-state index in [2.05, 4.69) is 5.32 Å². The van der Waals surface area contributed by atoms with Crippen LogP contribution < -0.4 is 5.32 Å². The summed E-state index contributed by atoms with van der Waals surface area (Å²) in [5, 5.41) is 20.1. The average Bonchev–Trinajstić information content (AvgIpc) is 2.03. The number of carbonyl (C=O) groups is 2. The quantitative estimate of drug-likeness (QED) is 0.575. The molecule has 0 radical (unpaired) electrons. The van der Waals surface area contributed by atoms with E-state index in [4.69, 9.17) is 10.2 Å². The molecule has 74 valence electrons. The van der Waals surface area contributed by atoms with Gasteiger partial charge in [0.15, 0.2) is 0 Å². The molecule has 0 aromatic rings. The third-order valence-electron chi connectivity index (χ3n) is 2.29. The molecular formula is C8H13NO4. The van der Waals surface area contributed by atoms with Crippen LogP contribution in [-0.2, 0) is 9.59 Å². The predicted octanol–water partition coefficient (Wildman–Crippen LogP) is -0.0861. The Morgan fingerprint density at radius 1 is 1.38 bits per heavy atom. The molecule has 0 amide bonds. The van der Waals surface area contributed by atoms with E-state index in [9.17, 15) is 9.59 Å². The first kappa shape index (κ1) is 9.98. The zero-order valence-corrected chi connectivity index (χ0v) is 7.19. The average molecular weight is 187 g/mol. The van der Waals surface area contributed by atoms with E-state index in [1.54, 1.807) is 0 Å². The SMILES string of the molecule is O=C(O)C[C@@H]1CCCN[C@H]1C(=O)O. The number of piperidine rings is 1. The molecule has 5 nitrogen and oxygen atoms in total. The topological polar surface area (TPSA) is 86.6 Å². The maximum Gasteiger partial charge on any atom is 0.320 e. The maximum atomic E-state index is 10.7. The van der Waals surface area contributed by atoms with Crippen LogP contribution in [0.3, 0.4) is 0 Å². The number of rotatable bonds is 3. The summed E-state index contributed by atoms with van der Waals surface area (Å²) in [6.45, 7) is 0.660. The second-order valence-electron chi connectivity index (χ2n) is 3.27. The van der Waals surface area contributed by atoms with E-state index in [1.807, 2.05) is 0 Å². The molecule has 0 unspecified atom stereocenters. The summed E-state index contributed by atoms with van der Waals surface area (Å²) in [7, 11) is 0. The molecule has 1 heterocycles. The molecule has 2 atom stereocenters. The molecule has 0 spiro atoms. The van der Waals surface area contributed by atoms with Crippen LogP contribution in [0.5, 0.6) is 0 Å². The first-order valence-electron chi connectivity index (χ1n) is 4.29. The van der Waals surface area contributed by atoms with Gasteiger partial charge in [0.2, 0.25) is 0 Å². The number of hydrogen-bond acceptors (Lipinski definition) is 3. The summed E-state index contributed by atoms with van der Waals surface area (Å²) in [6.07, 6.45) is 1.46. The van der Waals surface area contributed by atoms with Gasteiger partial charge in [0.25, 0.3) is 0 Å². The Bertz CT molecular complexity index is 216. The van der Waals surface area contributed by atoms with Crippen molar-refractivity contribution in [1.82, 2.24) is 5.32 Å². The van der Waals surface area contributed by atoms with Crippen LogP contribution in [-0.4, -0.2) is 34.7 Å². The standard InChI is InChI=1S/C8H13NO4/c10-6(11)4-5-2-1-3-9-7(5)8(12)13/h5,7,9H,1-4H2,(H,10,11)(H,12,13)/t5-,7+/m0/s1. The van der Waals surface area contributed by atoms with Gasteiger partial charge in [-0.15, -0.1) is 0 Å². The minimum Gasteiger partial charge on any atom is -0.481 e. The lowest BCUT2D eigenvalue weighted by atomic mass is 9.88. The van der Waals surface area contributed by atoms with Crippen molar-refractivity contribution in [3.05, 3.63) is 0 Å². The van der Waals surface area contributed by atoms with Crippen LogP contribution in [0.4, 0.5) is 0 Å². The molecule has 13 heavy (non-hydrogen) atoms. The van der Waals surface area contributed by atoms with Crippen molar-refractivity contribution in [3.8, 4) is 0 Å². The second kappa shape index (κ2) is 4.23. The monoisotopic (exact) mass is 187 g/mol. The van der Waals surface area contributed by atoms with Crippen molar-refractivity contribution in [1.29, 1.82) is 0 Å². The first-order valence-corrected chi connectivity index (χ1v) is 4.29. The molecule has 0 aromatic carbocycles. The van der Waals surface area contributed by atoms with E-state index in [0.717, 1.165) is 6.42 Å². The van der Waals surface area contributed by atoms with Gasteiger partial charge in [-0.1, -0.05) is 0 Å². The summed E-state index contributed by atoms with van der Waals surface area (Å²) in [5.41, 5.74) is 0. The highest BCUT2D eigenvalue weighted by atomic mass is 16.4. The van der Waals surface area contributed by atoms with Crippen LogP contribution in [0.2, 0.25) is 0 Å². The Labute approximate surface area is 75.7 Å². The Balaban J connectivity index is 2.56. The van der Waals surface area contributed by atoms with E-state index < -0.39 is 18.0 Å². The normalized spacial score (nSPS) is 28.3. The minimum absolute atomic E-state index is 0.0655. The van der Waals surface area contributed by atoms with Gasteiger partial charge in [0.1, 0.15) is 6.04 Å². The van der Waals surface area contributed by atoms with Crippen molar-refractivity contribution < 1.29 is 19.8 Å². The first-order chi connectivity index (χ1) is 6.11. The Hall–Kier alpha value is -1.10. The van der Waals surface area contributed by atoms with Crippen LogP contribution >= 0.6 is 0 Å². The largest absolute Gasteiger partial charge is 0.481 e. The van der Waals surface area contributed by atoms with Gasteiger partial charge >= 0.3 is 11.9 Å². The molecular weight excluding hydrogens is 174 g/mol. The Morgan fingerprint density at radius 2 is 2.08 bits per heavy atom. The summed E-state index contributed by atoms with van der Waals surface area (Å²) in [5.74, 6) is -2.16. The van der Waals surface area contributed by atoms with E-state index in [0.29, 0.717) is 13.0 Å². The van der Waals surface area contributed by atoms with Crippen molar-refractivity contribution in [3.63, 3.8) is 0 Å². The van der Waals surface area contributed by atoms with Gasteiger partial charge in [-0.3, -0.25) is 9.59 Å². The third-order valence-corrected chi connectivity index (χ3v) is 2.29. The summed E-state index contributed by atoms with van der Waals surface area (Å²) >= 11 is 0. The molecule has 5 heteroatoms. The van der Waals surface area contributed by atoms with E-state index in [-0.39, 0.29) is 12.3 Å². The van der Waals surface area contributed by atoms with Crippen LogP contribution in [0.25, 0.3) is 0 Å². The molecule has 1 fully saturated rings. The molecule has 1 aliphatic heterocycles. The smallest absolute Gasteiger partial charge is 0.320 e. The minimum atomic E-state index is -0.953. The molecule has 0 aromatic heterocycles. The van der Waals surface area contributed by atoms with Crippen molar-refractivity contribution in [2.75, 3.05) is 6.54 Å². The van der Waals surface area contributed by atoms with E-state index >= 15 is 0 Å². The maximum absolute atomic E-state index is 10.7. The van der Waals surface area contributed by atoms with E-state index in [1.165, 1.54) is 0 Å². The number of hydrogen-bond donors (Lipinski definition) is 3. The van der Waals surface area contributed by atoms with Gasteiger partial charge in [0.05, 0.1) is 6.42 Å². The van der Waals surface area contributed by atoms with Crippen molar-refractivity contribution in [2.24, 2.45) is 5.92 Å². The lowest BCUT2D eigenvalue weighted by Crippen LogP contribution is -2.47. The van der Waals surface area contributed by atoms with Crippen molar-refractivity contribution in [2.45, 2.75) is 25.3 Å². The van der Waals surface area contributed by atoms with Crippen LogP contribution in [0.15, 0.2) is 0 Å². The predicted molar refractivity (Wildman–Crippen MR) is 44.4 cm³/mol. The zero-order valence-electron chi connectivity index (χ0n) is 7.19. The van der Waals surface area contributed by atoms with Crippen LogP contribution in [0, 0.1) is 5.92 Å². The number of carboxylic acids is 2. The Kier molecular flexibility index (Phi) is 3.25. The zero-order chi connectivity index (χ0) is 9.84. The lowest BCUT2D eigenvalue weighted by molar-refractivity contribution is -0.143. The summed E-state index contributed by atoms with van der Waals surface area (Å²) < 4.78 is 0. The highest BCUT2D eigenvalue weighted by Crippen LogP contribution is 2.20. The highest BCUT2D eigenvalue weighted by Gasteiger charge is 2.31. The molecule has 3 N–H and O–H groups in total. The Morgan fingerprint density at radius 3 is 2.62 bits per heavy atom. The molecule has 0 bridgehead atoms. The van der Waals surface area contributed by atoms with Gasteiger partial charge in [-0.05, 0) is 25.3 Å². The van der Waals surface area contributed by atoms with Gasteiger partial charge in [-0.25, -0.2) is 0 Å². The fraction of sp³-hybridized carbons (Fsp3) is 0.750. The number of carboxylic acid groups (broad SMARTS) is 2. The van der Waals surface area contributed by atoms with Gasteiger partial charge in [-0.2, -0.15) is 0 Å². The third kappa shape index (κ3) is 2.69. The van der Waals surface area contributed by atoms with Crippen LogP contribution in [0.1, 0.15) is 19.3 Å². The summed E-state index contributed by atoms with van der Waals surface area (Å²) in [4.78, 5) is 21.1. The molecule has 1 saturated heterocycles. The summed E-state index contributed by atoms with van der Waals surface area (Å²) in [6, 6.07) is -0.690. The fourth-order valence-corrected chi connectivity index (χ4v) is 1.69. The number of nitrogens with one attached hydrogen (secondary N) is 1. The lowest BCUT2D eigenvalue weighted by Gasteiger charge is -2.28. The van der Waals surface area contributed by atoms with Crippen molar-refractivity contribution >= 4 is 11.9 Å². The molecule has 0 aliphatic carbocycles. The molecule has 1 rings (SSSR count). The fourth-order valence-electron chi connectivity index (χ4n) is 1.69. The second-order valence-corrected chi connectivity index (χ2v) is 3.27. The molecule has 0 saturated carbocycles. The van der Waals surface area contributed by atoms with Gasteiger partial charge in [0, 0.05) is 0 Å². The van der Waals surface area contributed by atoms with Gasteiger partial charge < -0.3 is 15.5 Å². The highest BCUT2D eigenvalue weighted by molar-refractivity contribution is 5.76.